The van der Waals surface area contributed by atoms with E-state index in [-0.39, 0.29) is 18.5 Å². The third kappa shape index (κ3) is 3.25. The number of anilines is 1. The van der Waals surface area contributed by atoms with Gasteiger partial charge in [0.25, 0.3) is 0 Å². The fourth-order valence-corrected chi connectivity index (χ4v) is 3.10. The Balaban J connectivity index is 1.65. The largest absolute Gasteiger partial charge is 0.383 e. The maximum atomic E-state index is 11.9. The van der Waals surface area contributed by atoms with Gasteiger partial charge in [0.15, 0.2) is 0 Å². The summed E-state index contributed by atoms with van der Waals surface area (Å²) >= 11 is 1.47. The highest BCUT2D eigenvalue weighted by Crippen LogP contribution is 2.45. The monoisotopic (exact) mass is 302 g/mol. The number of amides is 2. The van der Waals surface area contributed by atoms with Crippen LogP contribution in [0.15, 0.2) is 47.8 Å². The molecule has 1 saturated carbocycles. The van der Waals surface area contributed by atoms with Crippen LogP contribution in [0.2, 0.25) is 0 Å². The number of nitrogens with one attached hydrogen (secondary N) is 2. The van der Waals surface area contributed by atoms with Crippen molar-refractivity contribution in [3.8, 4) is 0 Å². The molecule has 1 aliphatic rings. The molecule has 3 N–H and O–H groups in total. The first-order valence-electron chi connectivity index (χ1n) is 7.05. The molecule has 21 heavy (non-hydrogen) atoms. The third-order valence-electron chi connectivity index (χ3n) is 3.80. The molecule has 1 fully saturated rings. The van der Waals surface area contributed by atoms with Crippen LogP contribution in [0.3, 0.4) is 0 Å². The number of urea groups is 1. The van der Waals surface area contributed by atoms with Gasteiger partial charge in [0, 0.05) is 0 Å². The molecule has 1 atom stereocenters. The predicted molar refractivity (Wildman–Crippen MR) is 84.4 cm³/mol. The van der Waals surface area contributed by atoms with Crippen molar-refractivity contribution in [1.82, 2.24) is 5.32 Å². The Labute approximate surface area is 127 Å². The SMILES string of the molecule is O=C(NC[C@](O)(c1ccccc1)C1CC1)Nc1cccs1. The Morgan fingerprint density at radius 2 is 2.00 bits per heavy atom. The molecule has 0 unspecified atom stereocenters. The van der Waals surface area contributed by atoms with E-state index in [2.05, 4.69) is 10.6 Å². The van der Waals surface area contributed by atoms with Crippen molar-refractivity contribution < 1.29 is 9.90 Å². The average molecular weight is 302 g/mol. The zero-order chi connectivity index (χ0) is 14.7. The summed E-state index contributed by atoms with van der Waals surface area (Å²) in [6.07, 6.45) is 2.00. The lowest BCUT2D eigenvalue weighted by atomic mass is 9.89. The van der Waals surface area contributed by atoms with E-state index in [1.807, 2.05) is 47.8 Å². The summed E-state index contributed by atoms with van der Waals surface area (Å²) in [4.78, 5) is 11.9. The Kier molecular flexibility index (Phi) is 3.94. The molecule has 3 rings (SSSR count). The first-order chi connectivity index (χ1) is 10.2. The summed E-state index contributed by atoms with van der Waals surface area (Å²) < 4.78 is 0. The number of benzene rings is 1. The number of aliphatic hydroxyl groups is 1. The van der Waals surface area contributed by atoms with Crippen LogP contribution in [-0.4, -0.2) is 17.7 Å². The van der Waals surface area contributed by atoms with E-state index in [1.165, 1.54) is 11.3 Å². The zero-order valence-electron chi connectivity index (χ0n) is 11.6. The molecule has 0 aliphatic heterocycles. The van der Waals surface area contributed by atoms with Crippen molar-refractivity contribution in [1.29, 1.82) is 0 Å². The van der Waals surface area contributed by atoms with Gasteiger partial charge in [0.1, 0.15) is 5.60 Å². The lowest BCUT2D eigenvalue weighted by Crippen LogP contribution is -2.43. The first-order valence-corrected chi connectivity index (χ1v) is 7.93. The minimum atomic E-state index is -0.978. The predicted octanol–water partition coefficient (Wildman–Crippen LogP) is 3.17. The minimum Gasteiger partial charge on any atom is -0.383 e. The molecule has 0 radical (unpaired) electrons. The van der Waals surface area contributed by atoms with Gasteiger partial charge in [0.05, 0.1) is 11.5 Å². The van der Waals surface area contributed by atoms with E-state index in [1.54, 1.807) is 0 Å². The van der Waals surface area contributed by atoms with Crippen LogP contribution in [-0.2, 0) is 5.60 Å². The van der Waals surface area contributed by atoms with Crippen molar-refractivity contribution in [3.63, 3.8) is 0 Å². The fraction of sp³-hybridized carbons (Fsp3) is 0.312. The van der Waals surface area contributed by atoms with Crippen molar-refractivity contribution in [2.45, 2.75) is 18.4 Å². The minimum absolute atomic E-state index is 0.221. The molecule has 0 bridgehead atoms. The number of hydrogen-bond donors (Lipinski definition) is 3. The van der Waals surface area contributed by atoms with Gasteiger partial charge in [-0.1, -0.05) is 30.3 Å². The van der Waals surface area contributed by atoms with Crippen LogP contribution in [0.5, 0.6) is 0 Å². The van der Waals surface area contributed by atoms with Gasteiger partial charge in [-0.2, -0.15) is 0 Å². The van der Waals surface area contributed by atoms with E-state index in [0.29, 0.717) is 0 Å². The molecule has 1 heterocycles. The summed E-state index contributed by atoms with van der Waals surface area (Å²) in [6, 6.07) is 13.0. The Morgan fingerprint density at radius 3 is 2.62 bits per heavy atom. The average Bonchev–Trinajstić information content (AvgIpc) is 3.25. The van der Waals surface area contributed by atoms with E-state index in [9.17, 15) is 9.90 Å². The molecule has 1 aromatic carbocycles. The van der Waals surface area contributed by atoms with Gasteiger partial charge in [-0.3, -0.25) is 5.32 Å². The molecule has 1 aliphatic carbocycles. The number of hydrogen-bond acceptors (Lipinski definition) is 3. The second-order valence-electron chi connectivity index (χ2n) is 5.35. The molecule has 5 heteroatoms. The number of carbonyl (C=O) groups is 1. The topological polar surface area (TPSA) is 61.4 Å². The van der Waals surface area contributed by atoms with E-state index >= 15 is 0 Å². The van der Waals surface area contributed by atoms with Gasteiger partial charge in [-0.25, -0.2) is 4.79 Å². The summed E-state index contributed by atoms with van der Waals surface area (Å²) in [7, 11) is 0. The van der Waals surface area contributed by atoms with Crippen molar-refractivity contribution in [3.05, 3.63) is 53.4 Å². The number of carbonyl (C=O) groups excluding carboxylic acids is 1. The molecule has 4 nitrogen and oxygen atoms in total. The lowest BCUT2D eigenvalue weighted by molar-refractivity contribution is 0.0164. The van der Waals surface area contributed by atoms with Gasteiger partial charge < -0.3 is 10.4 Å². The van der Waals surface area contributed by atoms with Gasteiger partial charge in [0.2, 0.25) is 0 Å². The first kappa shape index (κ1) is 14.1. The molecule has 110 valence electrons. The molecular weight excluding hydrogens is 284 g/mol. The van der Waals surface area contributed by atoms with E-state index < -0.39 is 5.60 Å². The quantitative estimate of drug-likeness (QED) is 0.794. The molecule has 1 aromatic heterocycles. The summed E-state index contributed by atoms with van der Waals surface area (Å²) in [5, 5.41) is 19.2. The zero-order valence-corrected chi connectivity index (χ0v) is 12.4. The molecular formula is C16H18N2O2S. The lowest BCUT2D eigenvalue weighted by Gasteiger charge is -2.29. The Morgan fingerprint density at radius 1 is 1.24 bits per heavy atom. The second kappa shape index (κ2) is 5.87. The fourth-order valence-electron chi connectivity index (χ4n) is 2.49. The van der Waals surface area contributed by atoms with Gasteiger partial charge in [-0.15, -0.1) is 11.3 Å². The van der Waals surface area contributed by atoms with E-state index in [0.717, 1.165) is 23.4 Å². The van der Waals surface area contributed by atoms with Crippen LogP contribution in [0.25, 0.3) is 0 Å². The van der Waals surface area contributed by atoms with Crippen LogP contribution in [0, 0.1) is 5.92 Å². The highest BCUT2D eigenvalue weighted by molar-refractivity contribution is 7.14. The van der Waals surface area contributed by atoms with Gasteiger partial charge in [-0.05, 0) is 41.8 Å². The molecule has 2 amide bonds. The normalized spacial score (nSPS) is 17.0. The molecule has 0 spiro atoms. The Hall–Kier alpha value is -1.85. The number of rotatable bonds is 5. The van der Waals surface area contributed by atoms with Crippen molar-refractivity contribution in [2.75, 3.05) is 11.9 Å². The smallest absolute Gasteiger partial charge is 0.319 e. The molecule has 0 saturated heterocycles. The number of thiophene rings is 1. The van der Waals surface area contributed by atoms with Crippen LogP contribution >= 0.6 is 11.3 Å². The van der Waals surface area contributed by atoms with E-state index in [4.69, 9.17) is 0 Å². The standard InChI is InChI=1S/C16H18N2O2S/c19-15(18-14-7-4-10-21-14)17-11-16(20,13-8-9-13)12-5-2-1-3-6-12/h1-7,10,13,20H,8-9,11H2,(H2,17,18,19)/t16-/m0/s1. The second-order valence-corrected chi connectivity index (χ2v) is 6.30. The summed E-state index contributed by atoms with van der Waals surface area (Å²) in [5.41, 5.74) is -0.113. The Bertz CT molecular complexity index is 596. The highest BCUT2D eigenvalue weighted by Gasteiger charge is 2.45. The van der Waals surface area contributed by atoms with Crippen LogP contribution in [0.4, 0.5) is 9.80 Å². The summed E-state index contributed by atoms with van der Waals surface area (Å²) in [5.74, 6) is 0.224. The highest BCUT2D eigenvalue weighted by atomic mass is 32.1. The van der Waals surface area contributed by atoms with Crippen molar-refractivity contribution in [2.24, 2.45) is 5.92 Å². The van der Waals surface area contributed by atoms with Crippen LogP contribution < -0.4 is 10.6 Å². The summed E-state index contributed by atoms with van der Waals surface area (Å²) in [6.45, 7) is 0.221. The van der Waals surface area contributed by atoms with Gasteiger partial charge >= 0.3 is 6.03 Å². The maximum Gasteiger partial charge on any atom is 0.319 e. The van der Waals surface area contributed by atoms with Crippen LogP contribution in [0.1, 0.15) is 18.4 Å². The molecule has 2 aromatic rings. The third-order valence-corrected chi connectivity index (χ3v) is 4.59. The van der Waals surface area contributed by atoms with Crippen molar-refractivity contribution >= 4 is 22.4 Å². The maximum absolute atomic E-state index is 11.9.